The Morgan fingerprint density at radius 3 is 3.00 bits per heavy atom. The Hall–Kier alpha value is -1.66. The predicted molar refractivity (Wildman–Crippen MR) is 71.6 cm³/mol. The number of hydrogen-bond donors (Lipinski definition) is 1. The van der Waals surface area contributed by atoms with Crippen LogP contribution < -0.4 is 0 Å². The van der Waals surface area contributed by atoms with Crippen molar-refractivity contribution in [3.05, 3.63) is 29.0 Å². The first-order valence-corrected chi connectivity index (χ1v) is 6.95. The third-order valence-electron chi connectivity index (χ3n) is 2.45. The molecule has 0 atom stereocenters. The van der Waals surface area contributed by atoms with Crippen LogP contribution in [0.1, 0.15) is 29.6 Å². The number of carbonyl (C=O) groups is 1. The van der Waals surface area contributed by atoms with E-state index in [2.05, 4.69) is 4.98 Å². The summed E-state index contributed by atoms with van der Waals surface area (Å²) in [5.74, 6) is -0.345. The lowest BCUT2D eigenvalue weighted by molar-refractivity contribution is 0.0687. The molecule has 0 saturated heterocycles. The van der Waals surface area contributed by atoms with Crippen LogP contribution in [-0.4, -0.2) is 29.3 Å². The molecule has 0 aliphatic heterocycles. The lowest BCUT2D eigenvalue weighted by atomic mass is 10.3. The van der Waals surface area contributed by atoms with Gasteiger partial charge in [-0.05, 0) is 17.9 Å². The molecule has 0 amide bonds. The molecule has 102 valence electrons. The summed E-state index contributed by atoms with van der Waals surface area (Å²) >= 11 is 1.46. The molecule has 0 aliphatic rings. The zero-order valence-electron chi connectivity index (χ0n) is 10.6. The third kappa shape index (κ3) is 3.42. The van der Waals surface area contributed by atoms with Gasteiger partial charge in [0.15, 0.2) is 5.69 Å². The highest BCUT2D eigenvalue weighted by atomic mass is 32.1. The Labute approximate surface area is 114 Å². The maximum Gasteiger partial charge on any atom is 0.358 e. The van der Waals surface area contributed by atoms with Gasteiger partial charge in [0, 0.05) is 13.0 Å². The van der Waals surface area contributed by atoms with Gasteiger partial charge in [0.2, 0.25) is 5.89 Å². The van der Waals surface area contributed by atoms with Gasteiger partial charge in [-0.1, -0.05) is 13.0 Å². The van der Waals surface area contributed by atoms with Crippen LogP contribution in [0, 0.1) is 0 Å². The Bertz CT molecular complexity index is 533. The summed E-state index contributed by atoms with van der Waals surface area (Å²) in [6.07, 6.45) is 1.35. The van der Waals surface area contributed by atoms with E-state index in [0.717, 1.165) is 11.3 Å². The average molecular weight is 281 g/mol. The van der Waals surface area contributed by atoms with E-state index in [0.29, 0.717) is 31.3 Å². The molecule has 0 fully saturated rings. The first-order chi connectivity index (χ1) is 9.22. The monoisotopic (exact) mass is 281 g/mol. The van der Waals surface area contributed by atoms with Crippen molar-refractivity contribution in [1.82, 2.24) is 4.98 Å². The molecule has 6 heteroatoms. The summed E-state index contributed by atoms with van der Waals surface area (Å²) in [5.41, 5.74) is -0.0245. The molecule has 0 saturated carbocycles. The second-order valence-electron chi connectivity index (χ2n) is 3.94. The van der Waals surface area contributed by atoms with Crippen molar-refractivity contribution in [2.24, 2.45) is 0 Å². The topological polar surface area (TPSA) is 72.6 Å². The van der Waals surface area contributed by atoms with Gasteiger partial charge >= 0.3 is 5.97 Å². The minimum Gasteiger partial charge on any atom is -0.476 e. The van der Waals surface area contributed by atoms with E-state index in [-0.39, 0.29) is 5.69 Å². The van der Waals surface area contributed by atoms with Crippen LogP contribution in [0.5, 0.6) is 0 Å². The number of thiophene rings is 1. The number of rotatable bonds is 7. The normalized spacial score (nSPS) is 10.8. The van der Waals surface area contributed by atoms with E-state index in [1.165, 1.54) is 11.3 Å². The first-order valence-electron chi connectivity index (χ1n) is 6.07. The molecule has 0 aliphatic carbocycles. The number of nitrogens with zero attached hydrogens (tertiary/aromatic N) is 1. The number of oxazole rings is 1. The van der Waals surface area contributed by atoms with Crippen LogP contribution in [0.2, 0.25) is 0 Å². The maximum absolute atomic E-state index is 11.1. The fraction of sp³-hybridized carbons (Fsp3) is 0.385. The molecule has 19 heavy (non-hydrogen) atoms. The third-order valence-corrected chi connectivity index (χ3v) is 3.31. The van der Waals surface area contributed by atoms with Crippen molar-refractivity contribution in [3.8, 4) is 10.8 Å². The highest BCUT2D eigenvalue weighted by molar-refractivity contribution is 7.13. The summed E-state index contributed by atoms with van der Waals surface area (Å²) < 4.78 is 10.9. The molecule has 0 spiro atoms. The zero-order chi connectivity index (χ0) is 13.7. The van der Waals surface area contributed by atoms with Crippen molar-refractivity contribution in [3.63, 3.8) is 0 Å². The minimum atomic E-state index is -1.07. The van der Waals surface area contributed by atoms with E-state index in [1.54, 1.807) is 0 Å². The van der Waals surface area contributed by atoms with Crippen molar-refractivity contribution in [2.45, 2.75) is 19.8 Å². The molecule has 0 aromatic carbocycles. The second kappa shape index (κ2) is 6.49. The van der Waals surface area contributed by atoms with Gasteiger partial charge in [-0.3, -0.25) is 0 Å². The van der Waals surface area contributed by atoms with Crippen molar-refractivity contribution in [2.75, 3.05) is 13.2 Å². The molecule has 1 N–H and O–H groups in total. The summed E-state index contributed by atoms with van der Waals surface area (Å²) in [6.45, 7) is 3.12. The van der Waals surface area contributed by atoms with E-state index in [1.807, 2.05) is 24.4 Å². The van der Waals surface area contributed by atoms with Crippen LogP contribution in [-0.2, 0) is 11.2 Å². The highest BCUT2D eigenvalue weighted by Gasteiger charge is 2.20. The smallest absolute Gasteiger partial charge is 0.358 e. The number of ether oxygens (including phenoxy) is 1. The van der Waals surface area contributed by atoms with Crippen molar-refractivity contribution < 1.29 is 19.1 Å². The van der Waals surface area contributed by atoms with Gasteiger partial charge in [0.25, 0.3) is 0 Å². The minimum absolute atomic E-state index is 0.0245. The Kier molecular flexibility index (Phi) is 4.70. The molecule has 0 unspecified atom stereocenters. The van der Waals surface area contributed by atoms with Crippen LogP contribution in [0.25, 0.3) is 10.8 Å². The predicted octanol–water partition coefficient (Wildman–Crippen LogP) is 3.07. The summed E-state index contributed by atoms with van der Waals surface area (Å²) in [7, 11) is 0. The van der Waals surface area contributed by atoms with Crippen LogP contribution >= 0.6 is 11.3 Å². The number of hydrogen-bond acceptors (Lipinski definition) is 5. The van der Waals surface area contributed by atoms with Gasteiger partial charge in [0.1, 0.15) is 5.76 Å². The largest absolute Gasteiger partial charge is 0.476 e. The Morgan fingerprint density at radius 1 is 1.53 bits per heavy atom. The molecular formula is C13H15NO4S. The lowest BCUT2D eigenvalue weighted by Crippen LogP contribution is -2.05. The van der Waals surface area contributed by atoms with Crippen molar-refractivity contribution >= 4 is 17.3 Å². The lowest BCUT2D eigenvalue weighted by Gasteiger charge is -2.00. The standard InChI is InChI=1S/C13H15NO4S/c1-2-6-17-7-5-9-11(13(15)16)14-12(18-9)10-4-3-8-19-10/h3-4,8H,2,5-7H2,1H3,(H,15,16). The van der Waals surface area contributed by atoms with Crippen LogP contribution in [0.3, 0.4) is 0 Å². The molecule has 2 aromatic rings. The molecule has 0 bridgehead atoms. The quantitative estimate of drug-likeness (QED) is 0.790. The molecule has 5 nitrogen and oxygen atoms in total. The summed E-state index contributed by atoms with van der Waals surface area (Å²) in [6, 6.07) is 3.72. The number of aromatic nitrogens is 1. The van der Waals surface area contributed by atoms with Gasteiger partial charge in [-0.25, -0.2) is 9.78 Å². The van der Waals surface area contributed by atoms with Crippen LogP contribution in [0.15, 0.2) is 21.9 Å². The van der Waals surface area contributed by atoms with E-state index >= 15 is 0 Å². The first kappa shape index (κ1) is 13.8. The zero-order valence-corrected chi connectivity index (χ0v) is 11.4. The highest BCUT2D eigenvalue weighted by Crippen LogP contribution is 2.26. The SMILES string of the molecule is CCCOCCc1oc(-c2cccs2)nc1C(=O)O. The maximum atomic E-state index is 11.1. The molecule has 2 heterocycles. The average Bonchev–Trinajstić information content (AvgIpc) is 3.03. The second-order valence-corrected chi connectivity index (χ2v) is 4.88. The van der Waals surface area contributed by atoms with E-state index in [9.17, 15) is 4.79 Å². The Balaban J connectivity index is 2.14. The molecule has 2 rings (SSSR count). The summed E-state index contributed by atoms with van der Waals surface area (Å²) in [5, 5.41) is 11.0. The van der Waals surface area contributed by atoms with Gasteiger partial charge in [0.05, 0.1) is 11.5 Å². The van der Waals surface area contributed by atoms with Gasteiger partial charge in [-0.2, -0.15) is 0 Å². The Morgan fingerprint density at radius 2 is 2.37 bits per heavy atom. The number of aromatic carboxylic acids is 1. The van der Waals surface area contributed by atoms with E-state index < -0.39 is 5.97 Å². The number of carboxylic acids is 1. The fourth-order valence-electron chi connectivity index (χ4n) is 1.61. The molecular weight excluding hydrogens is 266 g/mol. The van der Waals surface area contributed by atoms with Gasteiger partial charge < -0.3 is 14.3 Å². The van der Waals surface area contributed by atoms with Crippen molar-refractivity contribution in [1.29, 1.82) is 0 Å². The van der Waals surface area contributed by atoms with Crippen LogP contribution in [0.4, 0.5) is 0 Å². The summed E-state index contributed by atoms with van der Waals surface area (Å²) in [4.78, 5) is 16.0. The molecule has 2 aromatic heterocycles. The number of carboxylic acid groups (broad SMARTS) is 1. The fourth-order valence-corrected chi connectivity index (χ4v) is 2.25. The molecule has 0 radical (unpaired) electrons. The van der Waals surface area contributed by atoms with Gasteiger partial charge in [-0.15, -0.1) is 11.3 Å². The van der Waals surface area contributed by atoms with E-state index in [4.69, 9.17) is 14.3 Å².